The lowest BCUT2D eigenvalue weighted by Gasteiger charge is -2.38. The van der Waals surface area contributed by atoms with E-state index in [1.807, 2.05) is 0 Å². The molecular formula is C35H48N2O. The van der Waals surface area contributed by atoms with E-state index in [0.717, 1.165) is 42.9 Å². The highest BCUT2D eigenvalue weighted by Crippen LogP contribution is 2.76. The van der Waals surface area contributed by atoms with Gasteiger partial charge in [-0.05, 0) is 116 Å². The Hall–Kier alpha value is -1.87. The highest BCUT2D eigenvalue weighted by Gasteiger charge is 2.73. The van der Waals surface area contributed by atoms with Gasteiger partial charge in [0.15, 0.2) is 0 Å². The third-order valence-electron chi connectivity index (χ3n) is 12.8. The van der Waals surface area contributed by atoms with Gasteiger partial charge >= 0.3 is 0 Å². The molecule has 0 amide bonds. The van der Waals surface area contributed by atoms with Crippen molar-refractivity contribution in [1.82, 2.24) is 0 Å². The minimum absolute atomic E-state index is 0.00220. The molecular weight excluding hydrogens is 464 g/mol. The van der Waals surface area contributed by atoms with Gasteiger partial charge in [-0.3, -0.25) is 0 Å². The number of hydrogen-bond acceptors (Lipinski definition) is 3. The predicted octanol–water partition coefficient (Wildman–Crippen LogP) is 7.26. The normalized spacial score (nSPS) is 44.7. The van der Waals surface area contributed by atoms with Gasteiger partial charge in [0.05, 0.1) is 6.04 Å². The Kier molecular flexibility index (Phi) is 6.58. The molecule has 1 aromatic carbocycles. The van der Waals surface area contributed by atoms with Crippen LogP contribution in [-0.4, -0.2) is 18.9 Å². The molecule has 0 spiro atoms. The first-order chi connectivity index (χ1) is 18.6. The van der Waals surface area contributed by atoms with E-state index in [1.54, 1.807) is 0 Å². The molecule has 0 radical (unpaired) electrons. The van der Waals surface area contributed by atoms with Crippen molar-refractivity contribution in [2.75, 3.05) is 11.9 Å². The monoisotopic (exact) mass is 512 g/mol. The van der Waals surface area contributed by atoms with Crippen LogP contribution in [0.4, 0.5) is 5.69 Å². The second kappa shape index (κ2) is 9.95. The van der Waals surface area contributed by atoms with Crippen molar-refractivity contribution in [3.8, 4) is 0 Å². The number of anilines is 1. The Balaban J connectivity index is 1.09. The molecule has 5 saturated carbocycles. The first-order valence-corrected chi connectivity index (χ1v) is 15.9. The van der Waals surface area contributed by atoms with Crippen molar-refractivity contribution in [2.45, 2.75) is 76.7 Å². The van der Waals surface area contributed by atoms with Crippen LogP contribution in [0.1, 0.15) is 70.6 Å². The van der Waals surface area contributed by atoms with Gasteiger partial charge in [-0.25, -0.2) is 0 Å². The summed E-state index contributed by atoms with van der Waals surface area (Å²) in [6.45, 7) is 5.69. The molecule has 0 aliphatic heterocycles. The number of carbonyl (C=O) groups is 1. The smallest absolute Gasteiger partial charge is 0.137 e. The number of carbonyl (C=O) groups excluding carboxylic acids is 1. The number of nitrogens with two attached hydrogens (primary N) is 1. The molecule has 6 aliphatic carbocycles. The summed E-state index contributed by atoms with van der Waals surface area (Å²) >= 11 is 0. The fourth-order valence-corrected chi connectivity index (χ4v) is 11.1. The highest BCUT2D eigenvalue weighted by molar-refractivity contribution is 5.61. The summed E-state index contributed by atoms with van der Waals surface area (Å²) < 4.78 is 0. The largest absolute Gasteiger partial charge is 0.385 e. The highest BCUT2D eigenvalue weighted by atomic mass is 16.1. The average Bonchev–Trinajstić information content (AvgIpc) is 3.40. The van der Waals surface area contributed by atoms with E-state index in [4.69, 9.17) is 5.73 Å². The molecule has 3 nitrogen and oxygen atoms in total. The molecule has 38 heavy (non-hydrogen) atoms. The summed E-state index contributed by atoms with van der Waals surface area (Å²) in [4.78, 5) is 12.4. The Morgan fingerprint density at radius 1 is 0.974 bits per heavy atom. The minimum atomic E-state index is -0.321. The molecule has 5 fully saturated rings. The minimum Gasteiger partial charge on any atom is -0.385 e. The molecule has 1 aromatic rings. The van der Waals surface area contributed by atoms with Crippen molar-refractivity contribution >= 4 is 12.0 Å². The number of benzene rings is 1. The lowest BCUT2D eigenvalue weighted by molar-refractivity contribution is -0.111. The fourth-order valence-electron chi connectivity index (χ4n) is 11.1. The van der Waals surface area contributed by atoms with Gasteiger partial charge in [0.25, 0.3) is 0 Å². The van der Waals surface area contributed by atoms with Gasteiger partial charge in [0.1, 0.15) is 6.29 Å². The van der Waals surface area contributed by atoms with Gasteiger partial charge in [-0.2, -0.15) is 0 Å². The molecule has 3 N–H and O–H groups in total. The number of nitrogens with one attached hydrogen (secondary N) is 1. The predicted molar refractivity (Wildman–Crippen MR) is 155 cm³/mol. The van der Waals surface area contributed by atoms with Crippen molar-refractivity contribution in [2.24, 2.45) is 70.3 Å². The maximum absolute atomic E-state index is 12.4. The van der Waals surface area contributed by atoms with E-state index in [1.165, 1.54) is 75.5 Å². The van der Waals surface area contributed by atoms with Crippen LogP contribution in [-0.2, 0) is 4.79 Å². The standard InChI is InChI=1S/C35H48N2O/c1-22-11-14-32-34(31-19-27(18-30(22)31)24-7-5-6-8-24)35(32,33(36)21-38)28-13-12-25-15-23(16-26(25)17-28)20-37-29-9-3-2-4-10-29/h2-4,9-10,12-13,21,23-28,30-34,37H,1,5-8,11,14-20,36H2/t23-,25+,26-,27-,28+,30+,31-,32-,33-,34-,35+/m0/s1. The second-order valence-electron chi connectivity index (χ2n) is 14.3. The zero-order valence-corrected chi connectivity index (χ0v) is 23.1. The van der Waals surface area contributed by atoms with Gasteiger partial charge in [0, 0.05) is 17.6 Å². The maximum Gasteiger partial charge on any atom is 0.137 e. The Labute approximate surface area is 230 Å². The maximum atomic E-state index is 12.4. The lowest BCUT2D eigenvalue weighted by Crippen LogP contribution is -2.43. The van der Waals surface area contributed by atoms with Crippen LogP contribution in [0.25, 0.3) is 0 Å². The van der Waals surface area contributed by atoms with E-state index in [-0.39, 0.29) is 11.5 Å². The quantitative estimate of drug-likeness (QED) is 0.299. The molecule has 7 rings (SSSR count). The SMILES string of the molecule is C=C1CC[C@H]2[C@H]([C@H]3C[C@@H](C4CCCC4)C[C@H]13)[C@@]2([C@@H]1C=C[C@@H]2C[C@H](CNc3ccccc3)C[C@H]2C1)[C@@H](N)C=O. The molecule has 204 valence electrons. The number of aldehydes is 1. The number of fused-ring (bicyclic) bond motifs is 4. The summed E-state index contributed by atoms with van der Waals surface area (Å²) in [5.74, 6) is 7.09. The zero-order valence-electron chi connectivity index (χ0n) is 23.1. The first kappa shape index (κ1) is 25.1. The number of allylic oxidation sites excluding steroid dienone is 3. The first-order valence-electron chi connectivity index (χ1n) is 15.9. The van der Waals surface area contributed by atoms with E-state index in [2.05, 4.69) is 54.4 Å². The molecule has 6 aliphatic rings. The van der Waals surface area contributed by atoms with E-state index in [0.29, 0.717) is 35.5 Å². The summed E-state index contributed by atoms with van der Waals surface area (Å²) in [6, 6.07) is 10.3. The van der Waals surface area contributed by atoms with E-state index < -0.39 is 0 Å². The van der Waals surface area contributed by atoms with Crippen molar-refractivity contribution in [3.05, 3.63) is 54.6 Å². The number of hydrogen-bond donors (Lipinski definition) is 2. The molecule has 0 heterocycles. The van der Waals surface area contributed by atoms with E-state index >= 15 is 0 Å². The van der Waals surface area contributed by atoms with Crippen molar-refractivity contribution < 1.29 is 4.79 Å². The molecule has 0 aromatic heterocycles. The average molecular weight is 513 g/mol. The van der Waals surface area contributed by atoms with Crippen LogP contribution in [0.15, 0.2) is 54.6 Å². The van der Waals surface area contributed by atoms with Crippen molar-refractivity contribution in [3.63, 3.8) is 0 Å². The van der Waals surface area contributed by atoms with Gasteiger partial charge < -0.3 is 15.8 Å². The van der Waals surface area contributed by atoms with Crippen LogP contribution in [0.3, 0.4) is 0 Å². The lowest BCUT2D eigenvalue weighted by atomic mass is 9.67. The van der Waals surface area contributed by atoms with Crippen LogP contribution in [0, 0.1) is 64.6 Å². The Morgan fingerprint density at radius 3 is 2.58 bits per heavy atom. The summed E-state index contributed by atoms with van der Waals surface area (Å²) in [7, 11) is 0. The molecule has 11 atom stereocenters. The number of para-hydroxylation sites is 1. The molecule has 3 heteroatoms. The summed E-state index contributed by atoms with van der Waals surface area (Å²) in [6.07, 6.45) is 20.9. The van der Waals surface area contributed by atoms with Crippen LogP contribution in [0.2, 0.25) is 0 Å². The van der Waals surface area contributed by atoms with Gasteiger partial charge in [-0.1, -0.05) is 68.2 Å². The topological polar surface area (TPSA) is 55.1 Å². The van der Waals surface area contributed by atoms with Gasteiger partial charge in [-0.15, -0.1) is 0 Å². The second-order valence-corrected chi connectivity index (χ2v) is 14.3. The Morgan fingerprint density at radius 2 is 1.79 bits per heavy atom. The number of rotatable bonds is 7. The van der Waals surface area contributed by atoms with E-state index in [9.17, 15) is 4.79 Å². The van der Waals surface area contributed by atoms with Crippen LogP contribution < -0.4 is 11.1 Å². The van der Waals surface area contributed by atoms with Crippen LogP contribution >= 0.6 is 0 Å². The summed E-state index contributed by atoms with van der Waals surface area (Å²) in [5.41, 5.74) is 9.63. The fraction of sp³-hybridized carbons (Fsp3) is 0.686. The third kappa shape index (κ3) is 4.05. The van der Waals surface area contributed by atoms with Crippen LogP contribution in [0.5, 0.6) is 0 Å². The van der Waals surface area contributed by atoms with Gasteiger partial charge in [0.2, 0.25) is 0 Å². The molecule has 0 unspecified atom stereocenters. The van der Waals surface area contributed by atoms with Crippen molar-refractivity contribution in [1.29, 1.82) is 0 Å². The summed E-state index contributed by atoms with van der Waals surface area (Å²) in [5, 5.41) is 3.68. The molecule has 0 bridgehead atoms. The third-order valence-corrected chi connectivity index (χ3v) is 12.8. The zero-order chi connectivity index (χ0) is 25.9. The molecule has 0 saturated heterocycles. The Bertz CT molecular complexity index is 1060.